The van der Waals surface area contributed by atoms with Crippen LogP contribution < -0.4 is 20.1 Å². The van der Waals surface area contributed by atoms with Gasteiger partial charge in [-0.2, -0.15) is 0 Å². The van der Waals surface area contributed by atoms with Gasteiger partial charge in [0, 0.05) is 11.6 Å². The molecule has 0 spiro atoms. The third-order valence-electron chi connectivity index (χ3n) is 4.00. The molecule has 6 nitrogen and oxygen atoms in total. The largest absolute Gasteiger partial charge is 0.497 e. The van der Waals surface area contributed by atoms with Crippen LogP contribution in [0.5, 0.6) is 11.5 Å². The van der Waals surface area contributed by atoms with Gasteiger partial charge >= 0.3 is 0 Å². The summed E-state index contributed by atoms with van der Waals surface area (Å²) >= 11 is 0. The number of nitrogens with zero attached hydrogens (tertiary/aromatic N) is 1. The van der Waals surface area contributed by atoms with Crippen molar-refractivity contribution in [2.24, 2.45) is 0 Å². The van der Waals surface area contributed by atoms with E-state index in [4.69, 9.17) is 9.47 Å². The monoisotopic (exact) mass is 363 g/mol. The van der Waals surface area contributed by atoms with E-state index >= 15 is 0 Å². The summed E-state index contributed by atoms with van der Waals surface area (Å²) in [7, 11) is 3.21. The summed E-state index contributed by atoms with van der Waals surface area (Å²) in [6.07, 6.45) is 1.60. The molecule has 1 aromatic heterocycles. The lowest BCUT2D eigenvalue weighted by Gasteiger charge is -2.12. The number of carbonyl (C=O) groups excluding carboxylic acids is 1. The van der Waals surface area contributed by atoms with Gasteiger partial charge < -0.3 is 20.1 Å². The molecule has 0 saturated carbocycles. The van der Waals surface area contributed by atoms with Crippen LogP contribution in [0, 0.1) is 6.92 Å². The first kappa shape index (κ1) is 18.3. The Morgan fingerprint density at radius 3 is 2.37 bits per heavy atom. The second-order valence-electron chi connectivity index (χ2n) is 5.94. The number of amides is 1. The Labute approximate surface area is 158 Å². The Balaban J connectivity index is 1.70. The van der Waals surface area contributed by atoms with Crippen LogP contribution in [-0.2, 0) is 0 Å². The van der Waals surface area contributed by atoms with E-state index in [1.54, 1.807) is 44.7 Å². The highest BCUT2D eigenvalue weighted by atomic mass is 16.5. The van der Waals surface area contributed by atoms with E-state index in [-0.39, 0.29) is 5.91 Å². The van der Waals surface area contributed by atoms with Crippen LogP contribution >= 0.6 is 0 Å². The number of ether oxygens (including phenoxy) is 2. The zero-order valence-corrected chi connectivity index (χ0v) is 15.4. The number of anilines is 3. The van der Waals surface area contributed by atoms with Crippen LogP contribution in [0.25, 0.3) is 0 Å². The van der Waals surface area contributed by atoms with Gasteiger partial charge in [-0.15, -0.1) is 0 Å². The fourth-order valence-corrected chi connectivity index (χ4v) is 2.50. The first-order valence-corrected chi connectivity index (χ1v) is 8.42. The van der Waals surface area contributed by atoms with Gasteiger partial charge in [0.1, 0.15) is 17.3 Å². The third kappa shape index (κ3) is 4.55. The molecule has 0 atom stereocenters. The summed E-state index contributed by atoms with van der Waals surface area (Å²) in [5.74, 6) is 1.83. The zero-order chi connectivity index (χ0) is 19.2. The molecule has 0 unspecified atom stereocenters. The Morgan fingerprint density at radius 1 is 0.963 bits per heavy atom. The predicted octanol–water partition coefficient (Wildman–Crippen LogP) is 4.40. The van der Waals surface area contributed by atoms with Crippen LogP contribution in [-0.4, -0.2) is 25.1 Å². The number of hydrogen-bond acceptors (Lipinski definition) is 5. The molecule has 0 radical (unpaired) electrons. The minimum Gasteiger partial charge on any atom is -0.497 e. The first-order chi connectivity index (χ1) is 13.1. The van der Waals surface area contributed by atoms with E-state index in [0.717, 1.165) is 11.3 Å². The average Bonchev–Trinajstić information content (AvgIpc) is 2.70. The van der Waals surface area contributed by atoms with Crippen molar-refractivity contribution in [1.29, 1.82) is 0 Å². The van der Waals surface area contributed by atoms with Gasteiger partial charge in [-0.3, -0.25) is 4.79 Å². The topological polar surface area (TPSA) is 72.5 Å². The number of pyridine rings is 1. The van der Waals surface area contributed by atoms with Crippen molar-refractivity contribution < 1.29 is 14.3 Å². The second-order valence-corrected chi connectivity index (χ2v) is 5.94. The molecule has 0 saturated heterocycles. The minimum absolute atomic E-state index is 0.174. The maximum atomic E-state index is 12.3. The Kier molecular flexibility index (Phi) is 5.56. The molecule has 0 aliphatic carbocycles. The number of hydrogen-bond donors (Lipinski definition) is 2. The van der Waals surface area contributed by atoms with E-state index < -0.39 is 0 Å². The molecular weight excluding hydrogens is 342 g/mol. The summed E-state index contributed by atoms with van der Waals surface area (Å²) in [5, 5.41) is 6.02. The molecule has 0 aliphatic rings. The number of nitrogens with one attached hydrogen (secondary N) is 2. The predicted molar refractivity (Wildman–Crippen MR) is 106 cm³/mol. The number of methoxy groups -OCH3 is 2. The minimum atomic E-state index is -0.174. The molecule has 2 aromatic carbocycles. The van der Waals surface area contributed by atoms with Crippen molar-refractivity contribution in [3.63, 3.8) is 0 Å². The highest BCUT2D eigenvalue weighted by Crippen LogP contribution is 2.31. The van der Waals surface area contributed by atoms with Crippen molar-refractivity contribution in [2.45, 2.75) is 6.92 Å². The molecule has 6 heteroatoms. The average molecular weight is 363 g/mol. The Bertz CT molecular complexity index is 922. The Hall–Kier alpha value is -3.54. The first-order valence-electron chi connectivity index (χ1n) is 8.42. The van der Waals surface area contributed by atoms with Crippen LogP contribution in [0.1, 0.15) is 15.9 Å². The smallest absolute Gasteiger partial charge is 0.255 e. The van der Waals surface area contributed by atoms with E-state index in [2.05, 4.69) is 15.6 Å². The van der Waals surface area contributed by atoms with Crippen molar-refractivity contribution in [3.05, 3.63) is 71.9 Å². The summed E-state index contributed by atoms with van der Waals surface area (Å²) in [6.45, 7) is 1.98. The lowest BCUT2D eigenvalue weighted by molar-refractivity contribution is 0.102. The molecular formula is C21H21N3O3. The van der Waals surface area contributed by atoms with Crippen LogP contribution in [0.2, 0.25) is 0 Å². The quantitative estimate of drug-likeness (QED) is 0.679. The molecule has 27 heavy (non-hydrogen) atoms. The highest BCUT2D eigenvalue weighted by Gasteiger charge is 2.08. The molecule has 1 amide bonds. The SMILES string of the molecule is COc1ccc(OC)c(Nc2ccc(NC(=O)c3ccc(C)cc3)cn2)c1. The van der Waals surface area contributed by atoms with Crippen LogP contribution in [0.15, 0.2) is 60.8 Å². The summed E-state index contributed by atoms with van der Waals surface area (Å²) in [5.41, 5.74) is 3.06. The molecule has 0 fully saturated rings. The van der Waals surface area contributed by atoms with Crippen LogP contribution in [0.3, 0.4) is 0 Å². The fraction of sp³-hybridized carbons (Fsp3) is 0.143. The second kappa shape index (κ2) is 8.23. The lowest BCUT2D eigenvalue weighted by atomic mass is 10.1. The number of rotatable bonds is 6. The molecule has 138 valence electrons. The van der Waals surface area contributed by atoms with Crippen molar-refractivity contribution in [2.75, 3.05) is 24.9 Å². The van der Waals surface area contributed by atoms with Crippen molar-refractivity contribution >= 4 is 23.1 Å². The van der Waals surface area contributed by atoms with Gasteiger partial charge in [-0.1, -0.05) is 17.7 Å². The van der Waals surface area contributed by atoms with E-state index in [1.807, 2.05) is 37.3 Å². The van der Waals surface area contributed by atoms with Crippen molar-refractivity contribution in [3.8, 4) is 11.5 Å². The zero-order valence-electron chi connectivity index (χ0n) is 15.4. The number of aromatic nitrogens is 1. The molecule has 0 bridgehead atoms. The maximum Gasteiger partial charge on any atom is 0.255 e. The fourth-order valence-electron chi connectivity index (χ4n) is 2.50. The van der Waals surface area contributed by atoms with Gasteiger partial charge in [-0.05, 0) is 43.3 Å². The normalized spacial score (nSPS) is 10.2. The van der Waals surface area contributed by atoms with Gasteiger partial charge in [0.2, 0.25) is 0 Å². The van der Waals surface area contributed by atoms with E-state index in [1.165, 1.54) is 0 Å². The Morgan fingerprint density at radius 2 is 1.74 bits per heavy atom. The number of aryl methyl sites for hydroxylation is 1. The summed E-state index contributed by atoms with van der Waals surface area (Å²) < 4.78 is 10.6. The highest BCUT2D eigenvalue weighted by molar-refractivity contribution is 6.04. The van der Waals surface area contributed by atoms with E-state index in [9.17, 15) is 4.79 Å². The molecule has 3 aromatic rings. The lowest BCUT2D eigenvalue weighted by Crippen LogP contribution is -2.12. The van der Waals surface area contributed by atoms with Crippen LogP contribution in [0.4, 0.5) is 17.2 Å². The standard InChI is InChI=1S/C21H21N3O3/c1-14-4-6-15(7-5-14)21(25)23-16-8-11-20(22-13-16)24-18-12-17(26-2)9-10-19(18)27-3/h4-13H,1-3H3,(H,22,24)(H,23,25). The summed E-state index contributed by atoms with van der Waals surface area (Å²) in [6, 6.07) is 16.4. The van der Waals surface area contributed by atoms with Gasteiger partial charge in [0.15, 0.2) is 0 Å². The van der Waals surface area contributed by atoms with Crippen molar-refractivity contribution in [1.82, 2.24) is 4.98 Å². The molecule has 0 aliphatic heterocycles. The summed E-state index contributed by atoms with van der Waals surface area (Å²) in [4.78, 5) is 16.6. The van der Waals surface area contributed by atoms with Gasteiger partial charge in [0.25, 0.3) is 5.91 Å². The molecule has 3 rings (SSSR count). The van der Waals surface area contributed by atoms with Gasteiger partial charge in [0.05, 0.1) is 31.8 Å². The number of carbonyl (C=O) groups is 1. The molecule has 1 heterocycles. The maximum absolute atomic E-state index is 12.3. The van der Waals surface area contributed by atoms with E-state index in [0.29, 0.717) is 28.6 Å². The third-order valence-corrected chi connectivity index (χ3v) is 4.00. The van der Waals surface area contributed by atoms with Gasteiger partial charge in [-0.25, -0.2) is 4.98 Å². The molecule has 2 N–H and O–H groups in total. The number of benzene rings is 2.